The molecule has 2 unspecified atom stereocenters. The van der Waals surface area contributed by atoms with Crippen molar-refractivity contribution in [2.24, 2.45) is 7.05 Å². The van der Waals surface area contributed by atoms with Crippen LogP contribution in [0.15, 0.2) is 28.6 Å². The summed E-state index contributed by atoms with van der Waals surface area (Å²) in [4.78, 5) is 26.0. The Morgan fingerprint density at radius 3 is 2.50 bits per heavy atom. The Morgan fingerprint density at radius 1 is 1.30 bits per heavy atom. The van der Waals surface area contributed by atoms with Gasteiger partial charge in [-0.1, -0.05) is 11.6 Å². The van der Waals surface area contributed by atoms with Gasteiger partial charge in [-0.15, -0.1) is 0 Å². The summed E-state index contributed by atoms with van der Waals surface area (Å²) in [7, 11) is 1.57. The van der Waals surface area contributed by atoms with Crippen molar-refractivity contribution in [1.29, 1.82) is 0 Å². The van der Waals surface area contributed by atoms with Gasteiger partial charge in [0.05, 0.1) is 0 Å². The standard InChI is InChI=1S/C15H19N3O2/c1-3-10-8-11-4-5-12(9-10)18(11)15(20)13-6-7-14(19)17(2)16-13/h3,6-7,11-12H,4-5,8-9H2,1-2H3. The van der Waals surface area contributed by atoms with Crippen molar-refractivity contribution in [3.8, 4) is 0 Å². The van der Waals surface area contributed by atoms with Crippen molar-refractivity contribution >= 4 is 5.91 Å². The molecule has 0 aromatic carbocycles. The van der Waals surface area contributed by atoms with Crippen molar-refractivity contribution in [3.63, 3.8) is 0 Å². The molecule has 0 spiro atoms. The third kappa shape index (κ3) is 2.07. The lowest BCUT2D eigenvalue weighted by Gasteiger charge is -2.36. The molecule has 0 saturated carbocycles. The Kier molecular flexibility index (Phi) is 3.20. The number of nitrogens with zero attached hydrogens (tertiary/aromatic N) is 3. The van der Waals surface area contributed by atoms with Crippen LogP contribution in [0.2, 0.25) is 0 Å². The first kappa shape index (κ1) is 13.1. The lowest BCUT2D eigenvalue weighted by atomic mass is 9.96. The number of fused-ring (bicyclic) bond motifs is 2. The van der Waals surface area contributed by atoms with Gasteiger partial charge in [-0.2, -0.15) is 5.10 Å². The smallest absolute Gasteiger partial charge is 0.274 e. The fourth-order valence-electron chi connectivity index (χ4n) is 3.37. The van der Waals surface area contributed by atoms with Crippen LogP contribution in [-0.4, -0.2) is 32.7 Å². The number of aryl methyl sites for hydroxylation is 1. The van der Waals surface area contributed by atoms with E-state index in [0.29, 0.717) is 17.8 Å². The molecule has 2 atom stereocenters. The predicted molar refractivity (Wildman–Crippen MR) is 75.4 cm³/mol. The number of hydrogen-bond acceptors (Lipinski definition) is 3. The van der Waals surface area contributed by atoms with Gasteiger partial charge in [0, 0.05) is 25.2 Å². The molecule has 2 aliphatic rings. The number of hydrogen-bond donors (Lipinski definition) is 0. The maximum Gasteiger partial charge on any atom is 0.274 e. The van der Waals surface area contributed by atoms with Crippen LogP contribution < -0.4 is 5.56 Å². The number of aromatic nitrogens is 2. The van der Waals surface area contributed by atoms with Crippen LogP contribution in [0.5, 0.6) is 0 Å². The van der Waals surface area contributed by atoms with Gasteiger partial charge in [-0.3, -0.25) is 9.59 Å². The number of piperidine rings is 1. The summed E-state index contributed by atoms with van der Waals surface area (Å²) in [6.07, 6.45) is 6.27. The first-order valence-corrected chi connectivity index (χ1v) is 7.11. The quantitative estimate of drug-likeness (QED) is 0.729. The molecular weight excluding hydrogens is 254 g/mol. The van der Waals surface area contributed by atoms with Crippen molar-refractivity contribution in [2.45, 2.75) is 44.7 Å². The molecule has 2 saturated heterocycles. The molecule has 3 heterocycles. The predicted octanol–water partition coefficient (Wildman–Crippen LogP) is 1.49. The third-order valence-electron chi connectivity index (χ3n) is 4.44. The molecular formula is C15H19N3O2. The molecule has 5 heteroatoms. The van der Waals surface area contributed by atoms with Crippen LogP contribution in [0.3, 0.4) is 0 Å². The Hall–Kier alpha value is -1.91. The average molecular weight is 273 g/mol. The summed E-state index contributed by atoms with van der Waals surface area (Å²) >= 11 is 0. The monoisotopic (exact) mass is 273 g/mol. The van der Waals surface area contributed by atoms with Gasteiger partial charge in [0.25, 0.3) is 11.5 Å². The summed E-state index contributed by atoms with van der Waals surface area (Å²) in [5, 5.41) is 4.08. The fourth-order valence-corrected chi connectivity index (χ4v) is 3.37. The molecule has 0 N–H and O–H groups in total. The molecule has 2 bridgehead atoms. The topological polar surface area (TPSA) is 55.2 Å². The highest BCUT2D eigenvalue weighted by Crippen LogP contribution is 2.38. The number of carbonyl (C=O) groups excluding carboxylic acids is 1. The highest BCUT2D eigenvalue weighted by Gasteiger charge is 2.41. The van der Waals surface area contributed by atoms with Crippen molar-refractivity contribution in [2.75, 3.05) is 0 Å². The van der Waals surface area contributed by atoms with Crippen LogP contribution in [0.4, 0.5) is 0 Å². The second-order valence-corrected chi connectivity index (χ2v) is 5.63. The van der Waals surface area contributed by atoms with Crippen LogP contribution in [0.25, 0.3) is 0 Å². The van der Waals surface area contributed by atoms with E-state index in [2.05, 4.69) is 18.1 Å². The Morgan fingerprint density at radius 2 is 1.95 bits per heavy atom. The maximum absolute atomic E-state index is 12.6. The molecule has 5 nitrogen and oxygen atoms in total. The zero-order chi connectivity index (χ0) is 14.3. The average Bonchev–Trinajstić information content (AvgIpc) is 2.71. The zero-order valence-corrected chi connectivity index (χ0v) is 11.9. The molecule has 0 aliphatic carbocycles. The summed E-state index contributed by atoms with van der Waals surface area (Å²) in [6.45, 7) is 2.07. The molecule has 20 heavy (non-hydrogen) atoms. The minimum atomic E-state index is -0.195. The summed E-state index contributed by atoms with van der Waals surface area (Å²) < 4.78 is 1.22. The lowest BCUT2D eigenvalue weighted by molar-refractivity contribution is 0.0625. The van der Waals surface area contributed by atoms with Gasteiger partial charge in [0.1, 0.15) is 5.69 Å². The van der Waals surface area contributed by atoms with Gasteiger partial charge in [0.15, 0.2) is 0 Å². The fraction of sp³-hybridized carbons (Fsp3) is 0.533. The van der Waals surface area contributed by atoms with E-state index in [4.69, 9.17) is 0 Å². The Bertz CT molecular complexity index is 616. The first-order valence-electron chi connectivity index (χ1n) is 7.11. The van der Waals surface area contributed by atoms with E-state index in [0.717, 1.165) is 25.7 Å². The van der Waals surface area contributed by atoms with E-state index in [1.807, 2.05) is 4.90 Å². The second kappa shape index (κ2) is 4.89. The number of amides is 1. The molecule has 1 aromatic rings. The third-order valence-corrected chi connectivity index (χ3v) is 4.44. The second-order valence-electron chi connectivity index (χ2n) is 5.63. The van der Waals surface area contributed by atoms with E-state index in [1.165, 1.54) is 22.4 Å². The molecule has 1 aromatic heterocycles. The molecule has 2 aliphatic heterocycles. The summed E-state index contributed by atoms with van der Waals surface area (Å²) in [6, 6.07) is 3.54. The van der Waals surface area contributed by atoms with Gasteiger partial charge in [-0.05, 0) is 38.7 Å². The number of allylic oxidation sites excluding steroid dienone is 1. The maximum atomic E-state index is 12.6. The van der Waals surface area contributed by atoms with Gasteiger partial charge >= 0.3 is 0 Å². The highest BCUT2D eigenvalue weighted by atomic mass is 16.2. The minimum Gasteiger partial charge on any atom is -0.331 e. The SMILES string of the molecule is CC=C1CC2CCC(C1)N2C(=O)c1ccc(=O)n(C)n1. The van der Waals surface area contributed by atoms with Crippen LogP contribution >= 0.6 is 0 Å². The molecule has 106 valence electrons. The molecule has 1 amide bonds. The number of carbonyl (C=O) groups is 1. The minimum absolute atomic E-state index is 0.0387. The largest absolute Gasteiger partial charge is 0.331 e. The van der Waals surface area contributed by atoms with Crippen LogP contribution in [-0.2, 0) is 7.05 Å². The molecule has 0 radical (unpaired) electrons. The van der Waals surface area contributed by atoms with Gasteiger partial charge in [-0.25, -0.2) is 4.68 Å². The van der Waals surface area contributed by atoms with E-state index < -0.39 is 0 Å². The molecule has 3 rings (SSSR count). The van der Waals surface area contributed by atoms with E-state index in [-0.39, 0.29) is 11.5 Å². The zero-order valence-electron chi connectivity index (χ0n) is 11.9. The van der Waals surface area contributed by atoms with Crippen LogP contribution in [0, 0.1) is 0 Å². The van der Waals surface area contributed by atoms with Crippen molar-refractivity contribution in [1.82, 2.24) is 14.7 Å². The van der Waals surface area contributed by atoms with Gasteiger partial charge < -0.3 is 4.90 Å². The van der Waals surface area contributed by atoms with E-state index in [9.17, 15) is 9.59 Å². The van der Waals surface area contributed by atoms with Crippen LogP contribution in [0.1, 0.15) is 43.1 Å². The van der Waals surface area contributed by atoms with Gasteiger partial charge in [0.2, 0.25) is 0 Å². The summed E-state index contributed by atoms with van der Waals surface area (Å²) in [5.41, 5.74) is 1.63. The molecule has 2 fully saturated rings. The van der Waals surface area contributed by atoms with Crippen molar-refractivity contribution < 1.29 is 4.79 Å². The van der Waals surface area contributed by atoms with Crippen molar-refractivity contribution in [3.05, 3.63) is 39.8 Å². The highest BCUT2D eigenvalue weighted by molar-refractivity contribution is 5.93. The Labute approximate surface area is 117 Å². The lowest BCUT2D eigenvalue weighted by Crippen LogP contribution is -2.45. The van der Waals surface area contributed by atoms with E-state index in [1.54, 1.807) is 7.05 Å². The normalized spacial score (nSPS) is 24.9. The first-order chi connectivity index (χ1) is 9.60. The summed E-state index contributed by atoms with van der Waals surface area (Å²) in [5.74, 6) is -0.0387. The number of rotatable bonds is 1. The van der Waals surface area contributed by atoms with E-state index >= 15 is 0 Å². The Balaban J connectivity index is 1.88.